The SMILES string of the molecule is CNC(=O)CC1CCN(C(=O)Cn2c(C)nc(-c3ccc(Cl)cc3NC(=O)OC)cc2=O)CC1. The van der Waals surface area contributed by atoms with Crippen molar-refractivity contribution >= 4 is 35.2 Å². The monoisotopic (exact) mass is 489 g/mol. The third-order valence-electron chi connectivity index (χ3n) is 5.89. The van der Waals surface area contributed by atoms with Crippen molar-refractivity contribution in [2.45, 2.75) is 32.7 Å². The van der Waals surface area contributed by atoms with Gasteiger partial charge in [0.15, 0.2) is 0 Å². The fourth-order valence-corrected chi connectivity index (χ4v) is 4.11. The van der Waals surface area contributed by atoms with Crippen molar-refractivity contribution in [3.8, 4) is 11.3 Å². The second-order valence-electron chi connectivity index (χ2n) is 8.12. The summed E-state index contributed by atoms with van der Waals surface area (Å²) in [5, 5.41) is 5.59. The Morgan fingerprint density at radius 2 is 1.91 bits per heavy atom. The van der Waals surface area contributed by atoms with Crippen LogP contribution in [0.2, 0.25) is 5.02 Å². The number of piperidine rings is 1. The summed E-state index contributed by atoms with van der Waals surface area (Å²) < 4.78 is 5.97. The Hall–Kier alpha value is -3.40. The minimum absolute atomic E-state index is 0.00347. The molecule has 0 saturated carbocycles. The maximum atomic E-state index is 12.9. The molecule has 1 fully saturated rings. The molecule has 34 heavy (non-hydrogen) atoms. The Bertz CT molecular complexity index is 1140. The number of likely N-dealkylation sites (tertiary alicyclic amines) is 1. The molecule has 182 valence electrons. The number of aryl methyl sites for hydroxylation is 1. The second kappa shape index (κ2) is 11.1. The van der Waals surface area contributed by atoms with Crippen molar-refractivity contribution in [3.63, 3.8) is 0 Å². The number of amides is 3. The second-order valence-corrected chi connectivity index (χ2v) is 8.56. The molecule has 3 amide bonds. The molecule has 3 rings (SSSR count). The van der Waals surface area contributed by atoms with Crippen molar-refractivity contribution in [1.29, 1.82) is 0 Å². The van der Waals surface area contributed by atoms with Crippen molar-refractivity contribution in [3.05, 3.63) is 45.5 Å². The number of rotatable bonds is 6. The first-order valence-electron chi connectivity index (χ1n) is 10.9. The van der Waals surface area contributed by atoms with Gasteiger partial charge in [0.05, 0.1) is 18.5 Å². The molecule has 11 heteroatoms. The van der Waals surface area contributed by atoms with Gasteiger partial charge in [0.1, 0.15) is 12.4 Å². The van der Waals surface area contributed by atoms with Gasteiger partial charge in [-0.15, -0.1) is 0 Å². The highest BCUT2D eigenvalue weighted by Crippen LogP contribution is 2.29. The van der Waals surface area contributed by atoms with Gasteiger partial charge < -0.3 is 15.0 Å². The maximum Gasteiger partial charge on any atom is 0.411 e. The van der Waals surface area contributed by atoms with E-state index in [0.29, 0.717) is 47.3 Å². The lowest BCUT2D eigenvalue weighted by Gasteiger charge is -2.32. The number of nitrogens with one attached hydrogen (secondary N) is 2. The van der Waals surface area contributed by atoms with E-state index in [1.54, 1.807) is 31.0 Å². The number of benzene rings is 1. The van der Waals surface area contributed by atoms with Crippen LogP contribution in [-0.4, -0.2) is 59.6 Å². The Morgan fingerprint density at radius 1 is 1.21 bits per heavy atom. The first-order valence-corrected chi connectivity index (χ1v) is 11.3. The molecule has 10 nitrogen and oxygen atoms in total. The molecule has 1 aliphatic heterocycles. The third kappa shape index (κ3) is 6.13. The van der Waals surface area contributed by atoms with Crippen molar-refractivity contribution in [2.75, 3.05) is 32.6 Å². The zero-order valence-corrected chi connectivity index (χ0v) is 20.1. The van der Waals surface area contributed by atoms with Crippen LogP contribution in [0.5, 0.6) is 0 Å². The van der Waals surface area contributed by atoms with Gasteiger partial charge in [0, 0.05) is 43.2 Å². The fourth-order valence-electron chi connectivity index (χ4n) is 3.94. The number of anilines is 1. The fraction of sp³-hybridized carbons (Fsp3) is 0.435. The first kappa shape index (κ1) is 25.2. The maximum absolute atomic E-state index is 12.9. The van der Waals surface area contributed by atoms with Crippen LogP contribution in [0.4, 0.5) is 10.5 Å². The molecule has 1 aromatic heterocycles. The Kier molecular flexibility index (Phi) is 8.27. The number of carbonyl (C=O) groups is 3. The molecule has 0 aliphatic carbocycles. The lowest BCUT2D eigenvalue weighted by Crippen LogP contribution is -2.42. The molecule has 0 atom stereocenters. The summed E-state index contributed by atoms with van der Waals surface area (Å²) in [6.07, 6.45) is 1.27. The molecule has 1 saturated heterocycles. The average molecular weight is 490 g/mol. The minimum Gasteiger partial charge on any atom is -0.453 e. The van der Waals surface area contributed by atoms with Gasteiger partial charge in [-0.3, -0.25) is 24.3 Å². The predicted octanol–water partition coefficient (Wildman–Crippen LogP) is 2.43. The van der Waals surface area contributed by atoms with E-state index in [4.69, 9.17) is 11.6 Å². The minimum atomic E-state index is -0.682. The number of carbonyl (C=O) groups excluding carboxylic acids is 3. The smallest absolute Gasteiger partial charge is 0.411 e. The summed E-state index contributed by atoms with van der Waals surface area (Å²) in [4.78, 5) is 55.2. The van der Waals surface area contributed by atoms with Crippen LogP contribution >= 0.6 is 11.6 Å². The third-order valence-corrected chi connectivity index (χ3v) is 6.13. The molecule has 0 spiro atoms. The van der Waals surface area contributed by atoms with Gasteiger partial charge >= 0.3 is 6.09 Å². The highest BCUT2D eigenvalue weighted by Gasteiger charge is 2.25. The zero-order valence-electron chi connectivity index (χ0n) is 19.4. The molecular weight excluding hydrogens is 462 g/mol. The number of aromatic nitrogens is 2. The largest absolute Gasteiger partial charge is 0.453 e. The van der Waals surface area contributed by atoms with Crippen molar-refractivity contribution < 1.29 is 19.1 Å². The van der Waals surface area contributed by atoms with Crippen LogP contribution in [0, 0.1) is 12.8 Å². The molecule has 2 heterocycles. The highest BCUT2D eigenvalue weighted by molar-refractivity contribution is 6.31. The average Bonchev–Trinajstić information content (AvgIpc) is 2.81. The topological polar surface area (TPSA) is 123 Å². The summed E-state index contributed by atoms with van der Waals surface area (Å²) in [7, 11) is 2.86. The van der Waals surface area contributed by atoms with Crippen LogP contribution in [0.1, 0.15) is 25.1 Å². The Morgan fingerprint density at radius 3 is 2.53 bits per heavy atom. The van der Waals surface area contributed by atoms with Gasteiger partial charge in [0.25, 0.3) is 5.56 Å². The van der Waals surface area contributed by atoms with Crippen LogP contribution in [0.3, 0.4) is 0 Å². The summed E-state index contributed by atoms with van der Waals surface area (Å²) in [6.45, 7) is 2.63. The van der Waals surface area contributed by atoms with E-state index in [2.05, 4.69) is 20.4 Å². The molecule has 0 radical (unpaired) electrons. The van der Waals surface area contributed by atoms with Crippen molar-refractivity contribution in [2.24, 2.45) is 5.92 Å². The molecule has 0 unspecified atom stereocenters. The number of nitrogens with zero attached hydrogens (tertiary/aromatic N) is 3. The molecule has 2 aromatic rings. The van der Waals surface area contributed by atoms with Crippen LogP contribution < -0.4 is 16.2 Å². The summed E-state index contributed by atoms with van der Waals surface area (Å²) in [5.74, 6) is 0.451. The Balaban J connectivity index is 1.75. The van der Waals surface area contributed by atoms with E-state index in [-0.39, 0.29) is 29.8 Å². The van der Waals surface area contributed by atoms with E-state index in [9.17, 15) is 19.2 Å². The van der Waals surface area contributed by atoms with Gasteiger partial charge in [-0.2, -0.15) is 0 Å². The van der Waals surface area contributed by atoms with Gasteiger partial charge in [-0.05, 0) is 43.9 Å². The zero-order chi connectivity index (χ0) is 24.8. The normalized spacial score (nSPS) is 13.9. The quantitative estimate of drug-likeness (QED) is 0.642. The number of ether oxygens (including phenoxy) is 1. The number of hydrogen-bond donors (Lipinski definition) is 2. The van der Waals surface area contributed by atoms with E-state index >= 15 is 0 Å². The van der Waals surface area contributed by atoms with Gasteiger partial charge in [0.2, 0.25) is 11.8 Å². The van der Waals surface area contributed by atoms with Gasteiger partial charge in [-0.25, -0.2) is 9.78 Å². The molecule has 1 aromatic carbocycles. The number of methoxy groups -OCH3 is 1. The molecule has 2 N–H and O–H groups in total. The number of hydrogen-bond acceptors (Lipinski definition) is 6. The van der Waals surface area contributed by atoms with Gasteiger partial charge in [-0.1, -0.05) is 11.6 Å². The lowest BCUT2D eigenvalue weighted by molar-refractivity contribution is -0.133. The van der Waals surface area contributed by atoms with Crippen molar-refractivity contribution in [1.82, 2.24) is 19.8 Å². The highest BCUT2D eigenvalue weighted by atomic mass is 35.5. The van der Waals surface area contributed by atoms with E-state index in [1.807, 2.05) is 0 Å². The molecular formula is C23H28ClN5O5. The molecule has 0 bridgehead atoms. The lowest BCUT2D eigenvalue weighted by atomic mass is 9.93. The summed E-state index contributed by atoms with van der Waals surface area (Å²) in [5.41, 5.74) is 0.791. The van der Waals surface area contributed by atoms with Crippen LogP contribution in [-0.2, 0) is 20.9 Å². The first-order chi connectivity index (χ1) is 16.2. The number of halogens is 1. The Labute approximate surface area is 202 Å². The van der Waals surface area contributed by atoms with E-state index < -0.39 is 6.09 Å². The predicted molar refractivity (Wildman–Crippen MR) is 128 cm³/mol. The van der Waals surface area contributed by atoms with Crippen LogP contribution in [0.15, 0.2) is 29.1 Å². The summed E-state index contributed by atoms with van der Waals surface area (Å²) >= 11 is 6.05. The standard InChI is InChI=1S/C23H28ClN5O5/c1-14-26-19(17-5-4-16(24)11-18(17)27-23(33)34-3)12-21(31)29(14)13-22(32)28-8-6-15(7-9-28)10-20(30)25-2/h4-5,11-12,15H,6-10,13H2,1-3H3,(H,25,30)(H,27,33). The van der Waals surface area contributed by atoms with E-state index in [1.165, 1.54) is 23.8 Å². The molecule has 1 aliphatic rings. The van der Waals surface area contributed by atoms with Crippen LogP contribution in [0.25, 0.3) is 11.3 Å². The van der Waals surface area contributed by atoms with E-state index in [0.717, 1.165) is 12.8 Å². The summed E-state index contributed by atoms with van der Waals surface area (Å²) in [6, 6.07) is 6.13.